The van der Waals surface area contributed by atoms with Crippen molar-refractivity contribution >= 4 is 52.8 Å². The third-order valence-electron chi connectivity index (χ3n) is 7.46. The second-order valence-corrected chi connectivity index (χ2v) is 11.9. The van der Waals surface area contributed by atoms with E-state index in [-0.39, 0.29) is 30.7 Å². The number of amides is 4. The van der Waals surface area contributed by atoms with Crippen LogP contribution in [0.3, 0.4) is 0 Å². The summed E-state index contributed by atoms with van der Waals surface area (Å²) in [6, 6.07) is 26.3. The Morgan fingerprint density at radius 2 is 1.67 bits per heavy atom. The first kappa shape index (κ1) is 29.7. The van der Waals surface area contributed by atoms with Gasteiger partial charge in [-0.05, 0) is 91.2 Å². The van der Waals surface area contributed by atoms with E-state index in [9.17, 15) is 19.2 Å². The number of thioether (sulfide) groups is 1. The summed E-state index contributed by atoms with van der Waals surface area (Å²) < 4.78 is 10.8. The van der Waals surface area contributed by atoms with E-state index in [0.717, 1.165) is 11.1 Å². The standard InChI is InChI=1S/C35H29N3O6S/c1-21-11-13-26(15-22(21)2)38-32(39)19-31(35(38)42)45-27-10-6-9-25(18-27)36-34(41)28(37-33(40)24-7-4-3-5-8-24)16-23-12-14-29-30(17-23)44-20-43-29/h3-18,31H,19-20H2,1-2H3,(H,36,41)(H,37,40)/b28-16-/t31-/m1/s1. The lowest BCUT2D eigenvalue weighted by atomic mass is 10.1. The molecule has 45 heavy (non-hydrogen) atoms. The predicted octanol–water partition coefficient (Wildman–Crippen LogP) is 5.87. The normalized spacial score (nSPS) is 15.7. The van der Waals surface area contributed by atoms with E-state index < -0.39 is 17.1 Å². The second-order valence-electron chi connectivity index (χ2n) is 10.6. The van der Waals surface area contributed by atoms with E-state index in [1.54, 1.807) is 78.9 Å². The summed E-state index contributed by atoms with van der Waals surface area (Å²) in [6.45, 7) is 4.03. The van der Waals surface area contributed by atoms with Gasteiger partial charge in [0, 0.05) is 22.6 Å². The van der Waals surface area contributed by atoms with Gasteiger partial charge in [-0.1, -0.05) is 36.4 Å². The fourth-order valence-electron chi connectivity index (χ4n) is 4.95. The molecule has 0 aromatic heterocycles. The highest BCUT2D eigenvalue weighted by atomic mass is 32.2. The molecule has 2 aliphatic rings. The molecule has 9 nitrogen and oxygen atoms in total. The topological polar surface area (TPSA) is 114 Å². The van der Waals surface area contributed by atoms with Crippen LogP contribution in [0.4, 0.5) is 11.4 Å². The summed E-state index contributed by atoms with van der Waals surface area (Å²) >= 11 is 1.27. The average Bonchev–Trinajstić information content (AvgIpc) is 3.61. The molecule has 4 aromatic rings. The smallest absolute Gasteiger partial charge is 0.272 e. The SMILES string of the molecule is Cc1ccc(N2C(=O)C[C@@H](Sc3cccc(NC(=O)/C(=C/c4ccc5c(c4)OCO5)NC(=O)c4ccccc4)c3)C2=O)cc1C. The summed E-state index contributed by atoms with van der Waals surface area (Å²) in [5.41, 5.74) is 4.14. The van der Waals surface area contributed by atoms with Gasteiger partial charge in [0.1, 0.15) is 5.70 Å². The molecule has 0 aliphatic carbocycles. The van der Waals surface area contributed by atoms with Crippen molar-refractivity contribution in [1.29, 1.82) is 0 Å². The van der Waals surface area contributed by atoms with Crippen LogP contribution in [0.5, 0.6) is 11.5 Å². The largest absolute Gasteiger partial charge is 0.454 e. The van der Waals surface area contributed by atoms with Gasteiger partial charge >= 0.3 is 0 Å². The van der Waals surface area contributed by atoms with Crippen LogP contribution in [0.1, 0.15) is 33.5 Å². The van der Waals surface area contributed by atoms with Gasteiger partial charge in [-0.3, -0.25) is 19.2 Å². The zero-order valence-electron chi connectivity index (χ0n) is 24.5. The molecule has 0 radical (unpaired) electrons. The van der Waals surface area contributed by atoms with Crippen molar-refractivity contribution in [2.75, 3.05) is 17.0 Å². The number of hydrogen-bond donors (Lipinski definition) is 2. The second kappa shape index (κ2) is 12.7. The molecule has 0 spiro atoms. The first-order chi connectivity index (χ1) is 21.7. The maximum atomic E-state index is 13.6. The van der Waals surface area contributed by atoms with Crippen LogP contribution in [0.25, 0.3) is 6.08 Å². The highest BCUT2D eigenvalue weighted by molar-refractivity contribution is 8.00. The molecular formula is C35H29N3O6S. The average molecular weight is 620 g/mol. The fraction of sp³-hybridized carbons (Fsp3) is 0.143. The Labute approximate surface area is 264 Å². The van der Waals surface area contributed by atoms with Crippen LogP contribution in [0, 0.1) is 13.8 Å². The highest BCUT2D eigenvalue weighted by Crippen LogP contribution is 2.36. The van der Waals surface area contributed by atoms with Crippen molar-refractivity contribution < 1.29 is 28.7 Å². The maximum absolute atomic E-state index is 13.6. The summed E-state index contributed by atoms with van der Waals surface area (Å²) in [5.74, 6) is -0.385. The van der Waals surface area contributed by atoms with E-state index in [0.29, 0.717) is 38.9 Å². The van der Waals surface area contributed by atoms with Crippen LogP contribution >= 0.6 is 11.8 Å². The summed E-state index contributed by atoms with van der Waals surface area (Å²) in [6.07, 6.45) is 1.63. The Hall–Kier alpha value is -5.35. The predicted molar refractivity (Wildman–Crippen MR) is 172 cm³/mol. The molecule has 1 saturated heterocycles. The van der Waals surface area contributed by atoms with Crippen molar-refractivity contribution in [1.82, 2.24) is 5.32 Å². The molecule has 0 saturated carbocycles. The number of benzene rings is 4. The molecule has 0 bridgehead atoms. The van der Waals surface area contributed by atoms with Gasteiger partial charge in [-0.25, -0.2) is 4.90 Å². The Bertz CT molecular complexity index is 1860. The number of nitrogens with zero attached hydrogens (tertiary/aromatic N) is 1. The van der Waals surface area contributed by atoms with Crippen LogP contribution in [0.15, 0.2) is 102 Å². The van der Waals surface area contributed by atoms with E-state index in [4.69, 9.17) is 9.47 Å². The number of fused-ring (bicyclic) bond motifs is 1. The molecule has 226 valence electrons. The van der Waals surface area contributed by atoms with E-state index in [1.807, 2.05) is 32.0 Å². The number of carbonyl (C=O) groups is 4. The number of anilines is 2. The summed E-state index contributed by atoms with van der Waals surface area (Å²) in [4.78, 5) is 54.7. The zero-order chi connectivity index (χ0) is 31.5. The molecule has 2 aliphatic heterocycles. The molecule has 4 aromatic carbocycles. The number of imide groups is 1. The monoisotopic (exact) mass is 619 g/mol. The number of ether oxygens (including phenoxy) is 2. The lowest BCUT2D eigenvalue weighted by molar-refractivity contribution is -0.121. The van der Waals surface area contributed by atoms with Gasteiger partial charge in [0.15, 0.2) is 11.5 Å². The molecule has 4 amide bonds. The van der Waals surface area contributed by atoms with Gasteiger partial charge in [0.2, 0.25) is 18.6 Å². The Morgan fingerprint density at radius 3 is 2.47 bits per heavy atom. The lowest BCUT2D eigenvalue weighted by Crippen LogP contribution is -2.31. The first-order valence-electron chi connectivity index (χ1n) is 14.2. The number of nitrogens with one attached hydrogen (secondary N) is 2. The van der Waals surface area contributed by atoms with Gasteiger partial charge < -0.3 is 20.1 Å². The molecule has 1 fully saturated rings. The highest BCUT2D eigenvalue weighted by Gasteiger charge is 2.40. The van der Waals surface area contributed by atoms with Crippen molar-refractivity contribution in [3.8, 4) is 11.5 Å². The van der Waals surface area contributed by atoms with Crippen molar-refractivity contribution in [3.63, 3.8) is 0 Å². The van der Waals surface area contributed by atoms with Crippen LogP contribution in [-0.2, 0) is 14.4 Å². The lowest BCUT2D eigenvalue weighted by Gasteiger charge is -2.16. The van der Waals surface area contributed by atoms with E-state index in [1.165, 1.54) is 16.7 Å². The third kappa shape index (κ3) is 6.61. The van der Waals surface area contributed by atoms with E-state index in [2.05, 4.69) is 10.6 Å². The molecule has 10 heteroatoms. The van der Waals surface area contributed by atoms with Crippen molar-refractivity contribution in [3.05, 3.63) is 119 Å². The van der Waals surface area contributed by atoms with Crippen LogP contribution in [0.2, 0.25) is 0 Å². The first-order valence-corrected chi connectivity index (χ1v) is 15.1. The minimum absolute atomic E-state index is 0.0152. The van der Waals surface area contributed by atoms with Gasteiger partial charge in [-0.2, -0.15) is 0 Å². The van der Waals surface area contributed by atoms with Crippen LogP contribution in [-0.4, -0.2) is 35.7 Å². The van der Waals surface area contributed by atoms with E-state index >= 15 is 0 Å². The van der Waals surface area contributed by atoms with Crippen molar-refractivity contribution in [2.24, 2.45) is 0 Å². The van der Waals surface area contributed by atoms with Crippen molar-refractivity contribution in [2.45, 2.75) is 30.4 Å². The molecule has 2 heterocycles. The number of carbonyl (C=O) groups excluding carboxylic acids is 4. The molecule has 0 unspecified atom stereocenters. The molecule has 6 rings (SSSR count). The number of hydrogen-bond acceptors (Lipinski definition) is 7. The third-order valence-corrected chi connectivity index (χ3v) is 8.64. The summed E-state index contributed by atoms with van der Waals surface area (Å²) in [7, 11) is 0. The minimum Gasteiger partial charge on any atom is -0.454 e. The van der Waals surface area contributed by atoms with Crippen LogP contribution < -0.4 is 25.0 Å². The van der Waals surface area contributed by atoms with Gasteiger partial charge in [0.05, 0.1) is 10.9 Å². The molecule has 2 N–H and O–H groups in total. The Balaban J connectivity index is 1.20. The van der Waals surface area contributed by atoms with Gasteiger partial charge in [0.25, 0.3) is 11.8 Å². The van der Waals surface area contributed by atoms with Gasteiger partial charge in [-0.15, -0.1) is 11.8 Å². The maximum Gasteiger partial charge on any atom is 0.272 e. The number of aryl methyl sites for hydroxylation is 2. The Kier molecular flexibility index (Phi) is 8.39. The minimum atomic E-state index is -0.600. The quantitative estimate of drug-likeness (QED) is 0.187. The fourth-order valence-corrected chi connectivity index (χ4v) is 6.07. The molecular weight excluding hydrogens is 590 g/mol. The number of rotatable bonds is 8. The molecule has 1 atom stereocenters. The Morgan fingerprint density at radius 1 is 0.867 bits per heavy atom. The zero-order valence-corrected chi connectivity index (χ0v) is 25.4. The summed E-state index contributed by atoms with van der Waals surface area (Å²) in [5, 5.41) is 4.98.